The Morgan fingerprint density at radius 1 is 1.14 bits per heavy atom. The maximum atomic E-state index is 12.0. The van der Waals surface area contributed by atoms with E-state index >= 15 is 0 Å². The molecule has 3 rings (SSSR count). The van der Waals surface area contributed by atoms with Crippen molar-refractivity contribution in [2.75, 3.05) is 32.0 Å². The van der Waals surface area contributed by atoms with E-state index in [4.69, 9.17) is 4.55 Å². The Labute approximate surface area is 228 Å². The minimum atomic E-state index is 0.00479. The molecule has 1 fully saturated rings. The molecule has 1 aliphatic rings. The molecule has 2 aromatic carbocycles. The number of carbonyl (C=O) groups is 1. The van der Waals surface area contributed by atoms with E-state index < -0.39 is 0 Å². The lowest BCUT2D eigenvalue weighted by atomic mass is 9.88. The molecule has 2 aromatic rings. The normalized spacial score (nSPS) is 16.2. The lowest BCUT2D eigenvalue weighted by Gasteiger charge is -2.33. The first-order valence-corrected chi connectivity index (χ1v) is 14.2. The predicted molar refractivity (Wildman–Crippen MR) is 161 cm³/mol. The van der Waals surface area contributed by atoms with Gasteiger partial charge in [0.2, 0.25) is 5.91 Å². The summed E-state index contributed by atoms with van der Waals surface area (Å²) in [6.07, 6.45) is 5.43. The number of aliphatic imine (C=N–C) groups is 1. The molecule has 1 unspecified atom stereocenters. The second kappa shape index (κ2) is 16.4. The summed E-state index contributed by atoms with van der Waals surface area (Å²) >= 11 is 0.733. The molecule has 202 valence electrons. The Bertz CT molecular complexity index is 1010. The summed E-state index contributed by atoms with van der Waals surface area (Å²) in [5.74, 6) is 1.29. The fourth-order valence-electron chi connectivity index (χ4n) is 4.41. The van der Waals surface area contributed by atoms with Crippen molar-refractivity contribution < 1.29 is 9.35 Å². The van der Waals surface area contributed by atoms with Crippen molar-refractivity contribution in [2.24, 2.45) is 10.9 Å². The smallest absolute Gasteiger partial charge is 0.226 e. The maximum Gasteiger partial charge on any atom is 0.226 e. The van der Waals surface area contributed by atoms with Crippen molar-refractivity contribution in [3.05, 3.63) is 76.7 Å². The summed E-state index contributed by atoms with van der Waals surface area (Å²) in [6, 6.07) is 19.3. The van der Waals surface area contributed by atoms with Crippen LogP contribution in [0.2, 0.25) is 0 Å². The van der Waals surface area contributed by atoms with Gasteiger partial charge in [0.15, 0.2) is 0 Å². The van der Waals surface area contributed by atoms with E-state index in [-0.39, 0.29) is 11.8 Å². The summed E-state index contributed by atoms with van der Waals surface area (Å²) in [5.41, 5.74) is 4.59. The average Bonchev–Trinajstić information content (AvgIpc) is 2.93. The zero-order valence-electron chi connectivity index (χ0n) is 23.4. The second-order valence-electron chi connectivity index (χ2n) is 10.0. The standard InChI is InChI=1S/C25H34N2O.C6H11NOS/c1-19(2)25(28)26-24-11-7-10-23(18-24)22-13-16-27(17-14-22)15-12-20(3)21-8-5-4-6-9-21;1-4-6(9-8)5(2)7-3/h4-11,18-20,22H,12-17H2,1-3H3,(H,26,28);4,8H,1-3H3/b;6-4+,7-5?. The first kappa shape index (κ1) is 30.8. The van der Waals surface area contributed by atoms with Crippen LogP contribution in [0.15, 0.2) is 70.6 Å². The van der Waals surface area contributed by atoms with Crippen LogP contribution in [-0.4, -0.2) is 47.8 Å². The van der Waals surface area contributed by atoms with Crippen LogP contribution in [0.25, 0.3) is 0 Å². The first-order valence-electron chi connectivity index (χ1n) is 13.4. The van der Waals surface area contributed by atoms with Gasteiger partial charge in [-0.1, -0.05) is 69.3 Å². The van der Waals surface area contributed by atoms with E-state index in [1.54, 1.807) is 7.05 Å². The number of hydrogen-bond donors (Lipinski definition) is 2. The highest BCUT2D eigenvalue weighted by molar-refractivity contribution is 7.98. The minimum Gasteiger partial charge on any atom is -0.326 e. The number of rotatable bonds is 9. The summed E-state index contributed by atoms with van der Waals surface area (Å²) in [7, 11) is 1.70. The molecule has 0 saturated carbocycles. The molecule has 1 amide bonds. The molecule has 1 atom stereocenters. The van der Waals surface area contributed by atoms with Crippen LogP contribution in [-0.2, 0) is 4.79 Å². The summed E-state index contributed by atoms with van der Waals surface area (Å²) in [4.78, 5) is 19.3. The quantitative estimate of drug-likeness (QED) is 0.259. The highest BCUT2D eigenvalue weighted by atomic mass is 32.2. The van der Waals surface area contributed by atoms with E-state index in [1.807, 2.05) is 39.8 Å². The SMILES string of the molecule is C/C=C(/SO)C(C)=NC.CC(C)C(=O)Nc1cccc(C2CCN(CCC(C)c3ccccc3)CC2)c1. The van der Waals surface area contributed by atoms with Crippen LogP contribution in [0.1, 0.15) is 76.8 Å². The molecule has 0 radical (unpaired) electrons. The molecule has 0 aliphatic carbocycles. The Hall–Kier alpha value is -2.41. The van der Waals surface area contributed by atoms with Crippen LogP contribution in [0.4, 0.5) is 5.69 Å². The molecule has 0 bridgehead atoms. The highest BCUT2D eigenvalue weighted by Gasteiger charge is 2.21. The van der Waals surface area contributed by atoms with Crippen molar-refractivity contribution in [1.29, 1.82) is 0 Å². The fraction of sp³-hybridized carbons (Fsp3) is 0.484. The molecular weight excluding hydrogens is 478 g/mol. The first-order chi connectivity index (χ1) is 17.8. The van der Waals surface area contributed by atoms with Crippen molar-refractivity contribution in [3.8, 4) is 0 Å². The monoisotopic (exact) mass is 523 g/mol. The van der Waals surface area contributed by atoms with E-state index in [0.29, 0.717) is 11.8 Å². The topological polar surface area (TPSA) is 64.9 Å². The third-order valence-corrected chi connectivity index (χ3v) is 7.76. The minimum absolute atomic E-state index is 0.00479. The van der Waals surface area contributed by atoms with Crippen molar-refractivity contribution in [1.82, 2.24) is 4.90 Å². The molecule has 1 aliphatic heterocycles. The molecule has 1 heterocycles. The van der Waals surface area contributed by atoms with Gasteiger partial charge in [-0.3, -0.25) is 9.79 Å². The Morgan fingerprint density at radius 3 is 2.35 bits per heavy atom. The lowest BCUT2D eigenvalue weighted by Crippen LogP contribution is -2.34. The zero-order chi connectivity index (χ0) is 27.2. The van der Waals surface area contributed by atoms with Crippen LogP contribution >= 0.6 is 12.0 Å². The van der Waals surface area contributed by atoms with Gasteiger partial charge in [0, 0.05) is 36.4 Å². The molecule has 6 heteroatoms. The molecule has 37 heavy (non-hydrogen) atoms. The number of amides is 1. The number of likely N-dealkylation sites (tertiary alicyclic amines) is 1. The van der Waals surface area contributed by atoms with Gasteiger partial charge >= 0.3 is 0 Å². The lowest BCUT2D eigenvalue weighted by molar-refractivity contribution is -0.118. The maximum absolute atomic E-state index is 12.0. The van der Waals surface area contributed by atoms with Gasteiger partial charge in [-0.15, -0.1) is 0 Å². The fourth-order valence-corrected chi connectivity index (χ4v) is 4.74. The van der Waals surface area contributed by atoms with E-state index in [1.165, 1.54) is 36.9 Å². The Balaban J connectivity index is 0.000000458. The molecule has 1 saturated heterocycles. The number of piperidine rings is 1. The van der Waals surface area contributed by atoms with E-state index in [2.05, 4.69) is 70.7 Å². The van der Waals surface area contributed by atoms with Crippen molar-refractivity contribution in [2.45, 2.75) is 65.7 Å². The van der Waals surface area contributed by atoms with Crippen LogP contribution in [0, 0.1) is 5.92 Å². The molecule has 0 spiro atoms. The number of anilines is 1. The van der Waals surface area contributed by atoms with Gasteiger partial charge < -0.3 is 14.8 Å². The number of hydrogen-bond acceptors (Lipinski definition) is 5. The highest BCUT2D eigenvalue weighted by Crippen LogP contribution is 2.30. The average molecular weight is 524 g/mol. The molecule has 2 N–H and O–H groups in total. The van der Waals surface area contributed by atoms with Gasteiger partial charge in [0.05, 0.1) is 4.91 Å². The second-order valence-corrected chi connectivity index (χ2v) is 10.7. The van der Waals surface area contributed by atoms with Crippen LogP contribution in [0.3, 0.4) is 0 Å². The molecule has 5 nitrogen and oxygen atoms in total. The van der Waals surface area contributed by atoms with Gasteiger partial charge in [0.25, 0.3) is 0 Å². The summed E-state index contributed by atoms with van der Waals surface area (Å²) < 4.78 is 8.60. The third-order valence-electron chi connectivity index (χ3n) is 7.04. The van der Waals surface area contributed by atoms with Crippen LogP contribution in [0.5, 0.6) is 0 Å². The number of allylic oxidation sites excluding steroid dienone is 2. The number of nitrogens with zero attached hydrogens (tertiary/aromatic N) is 2. The summed E-state index contributed by atoms with van der Waals surface area (Å²) in [5, 5.41) is 3.03. The Kier molecular flexibility index (Phi) is 13.7. The number of carbonyl (C=O) groups excluding carboxylic acids is 1. The predicted octanol–water partition coefficient (Wildman–Crippen LogP) is 7.84. The van der Waals surface area contributed by atoms with Gasteiger partial charge in [-0.05, 0) is 87.8 Å². The van der Waals surface area contributed by atoms with Gasteiger partial charge in [0.1, 0.15) is 0 Å². The van der Waals surface area contributed by atoms with E-state index in [0.717, 1.165) is 41.4 Å². The number of benzene rings is 2. The largest absolute Gasteiger partial charge is 0.326 e. The zero-order valence-corrected chi connectivity index (χ0v) is 24.2. The van der Waals surface area contributed by atoms with Crippen molar-refractivity contribution in [3.63, 3.8) is 0 Å². The van der Waals surface area contributed by atoms with E-state index in [9.17, 15) is 4.79 Å². The van der Waals surface area contributed by atoms with Gasteiger partial charge in [-0.25, -0.2) is 0 Å². The Morgan fingerprint density at radius 2 is 1.81 bits per heavy atom. The van der Waals surface area contributed by atoms with Crippen LogP contribution < -0.4 is 5.32 Å². The van der Waals surface area contributed by atoms with Crippen molar-refractivity contribution >= 4 is 29.3 Å². The number of nitrogens with one attached hydrogen (secondary N) is 1. The third kappa shape index (κ3) is 10.5. The summed E-state index contributed by atoms with van der Waals surface area (Å²) in [6.45, 7) is 13.4. The van der Waals surface area contributed by atoms with Gasteiger partial charge in [-0.2, -0.15) is 0 Å². The molecular formula is C31H45N3O2S. The molecule has 0 aromatic heterocycles.